The summed E-state index contributed by atoms with van der Waals surface area (Å²) in [5.41, 5.74) is 6.28. The standard InChI is InChI=1S/C12H11N5O2/c1-17-6-5-14-11(17)10-15-12(19-16-10)7-3-2-4-8(13)9(7)18/h2-6,18H,13H2,1H3. The van der Waals surface area contributed by atoms with Gasteiger partial charge in [-0.15, -0.1) is 0 Å². The van der Waals surface area contributed by atoms with E-state index in [2.05, 4.69) is 15.1 Å². The Morgan fingerprint density at radius 2 is 2.21 bits per heavy atom. The number of nitrogens with zero attached hydrogens (tertiary/aromatic N) is 4. The highest BCUT2D eigenvalue weighted by Gasteiger charge is 2.17. The second-order valence-electron chi connectivity index (χ2n) is 4.03. The van der Waals surface area contributed by atoms with Gasteiger partial charge in [-0.2, -0.15) is 4.98 Å². The molecule has 0 unspecified atom stereocenters. The fourth-order valence-corrected chi connectivity index (χ4v) is 1.74. The number of nitrogen functional groups attached to an aromatic ring is 1. The highest BCUT2D eigenvalue weighted by molar-refractivity contribution is 5.72. The van der Waals surface area contributed by atoms with Crippen molar-refractivity contribution in [1.29, 1.82) is 0 Å². The number of aryl methyl sites for hydroxylation is 1. The molecule has 3 rings (SSSR count). The lowest BCUT2D eigenvalue weighted by Crippen LogP contribution is -1.93. The van der Waals surface area contributed by atoms with Crippen LogP contribution in [0.1, 0.15) is 0 Å². The van der Waals surface area contributed by atoms with E-state index in [1.165, 1.54) is 0 Å². The molecule has 0 aliphatic carbocycles. The van der Waals surface area contributed by atoms with Crippen molar-refractivity contribution >= 4 is 5.69 Å². The number of rotatable bonds is 2. The molecule has 0 fully saturated rings. The molecular weight excluding hydrogens is 246 g/mol. The van der Waals surface area contributed by atoms with Crippen molar-refractivity contribution < 1.29 is 9.63 Å². The minimum absolute atomic E-state index is 0.0717. The van der Waals surface area contributed by atoms with Crippen LogP contribution >= 0.6 is 0 Å². The lowest BCUT2D eigenvalue weighted by Gasteiger charge is -2.01. The Kier molecular flexibility index (Phi) is 2.45. The van der Waals surface area contributed by atoms with Gasteiger partial charge in [0.1, 0.15) is 0 Å². The summed E-state index contributed by atoms with van der Waals surface area (Å²) in [6, 6.07) is 4.95. The monoisotopic (exact) mass is 257 g/mol. The van der Waals surface area contributed by atoms with Crippen molar-refractivity contribution in [1.82, 2.24) is 19.7 Å². The first kappa shape index (κ1) is 11.3. The number of anilines is 1. The van der Waals surface area contributed by atoms with Crippen molar-refractivity contribution in [2.75, 3.05) is 5.73 Å². The first-order chi connectivity index (χ1) is 9.16. The first-order valence-corrected chi connectivity index (χ1v) is 5.56. The summed E-state index contributed by atoms with van der Waals surface area (Å²) in [6.45, 7) is 0. The fraction of sp³-hybridized carbons (Fsp3) is 0.0833. The molecule has 0 spiro atoms. The molecule has 0 atom stereocenters. The normalized spacial score (nSPS) is 10.8. The van der Waals surface area contributed by atoms with Crippen LogP contribution in [0.4, 0.5) is 5.69 Å². The average Bonchev–Trinajstić information content (AvgIpc) is 3.01. The number of phenolic OH excluding ortho intramolecular Hbond substituents is 1. The predicted molar refractivity (Wildman–Crippen MR) is 68.0 cm³/mol. The maximum absolute atomic E-state index is 9.87. The maximum Gasteiger partial charge on any atom is 0.262 e. The van der Waals surface area contributed by atoms with E-state index in [4.69, 9.17) is 10.3 Å². The Morgan fingerprint density at radius 3 is 2.95 bits per heavy atom. The van der Waals surface area contributed by atoms with Crippen LogP contribution in [0.3, 0.4) is 0 Å². The van der Waals surface area contributed by atoms with Gasteiger partial charge in [0.05, 0.1) is 11.3 Å². The van der Waals surface area contributed by atoms with Crippen LogP contribution in [0.5, 0.6) is 5.75 Å². The van der Waals surface area contributed by atoms with Crippen molar-refractivity contribution in [2.45, 2.75) is 0 Å². The van der Waals surface area contributed by atoms with E-state index in [1.54, 1.807) is 35.2 Å². The number of imidazole rings is 1. The third kappa shape index (κ3) is 1.81. The molecule has 0 aliphatic heterocycles. The molecule has 0 bridgehead atoms. The fourth-order valence-electron chi connectivity index (χ4n) is 1.74. The Balaban J connectivity index is 2.07. The third-order valence-corrected chi connectivity index (χ3v) is 2.74. The van der Waals surface area contributed by atoms with Crippen molar-refractivity contribution in [3.8, 4) is 28.9 Å². The number of phenols is 1. The molecule has 7 heteroatoms. The van der Waals surface area contributed by atoms with Crippen LogP contribution in [0.2, 0.25) is 0 Å². The predicted octanol–water partition coefficient (Wildman–Crippen LogP) is 1.42. The van der Waals surface area contributed by atoms with E-state index in [0.29, 0.717) is 17.2 Å². The van der Waals surface area contributed by atoms with Crippen molar-refractivity contribution in [3.05, 3.63) is 30.6 Å². The summed E-state index contributed by atoms with van der Waals surface area (Å²) < 4.78 is 6.91. The van der Waals surface area contributed by atoms with Gasteiger partial charge >= 0.3 is 0 Å². The van der Waals surface area contributed by atoms with Gasteiger partial charge in [-0.3, -0.25) is 0 Å². The lowest BCUT2D eigenvalue weighted by molar-refractivity contribution is 0.425. The quantitative estimate of drug-likeness (QED) is 0.531. The average molecular weight is 257 g/mol. The van der Waals surface area contributed by atoms with Crippen LogP contribution in [0.15, 0.2) is 35.1 Å². The largest absolute Gasteiger partial charge is 0.505 e. The molecule has 0 saturated heterocycles. The maximum atomic E-state index is 9.87. The smallest absolute Gasteiger partial charge is 0.262 e. The molecule has 1 aromatic carbocycles. The number of nitrogens with two attached hydrogens (primary N) is 1. The zero-order valence-electron chi connectivity index (χ0n) is 10.1. The van der Waals surface area contributed by atoms with E-state index in [9.17, 15) is 5.11 Å². The van der Waals surface area contributed by atoms with Crippen LogP contribution in [0.25, 0.3) is 23.1 Å². The number of benzene rings is 1. The molecule has 96 valence electrons. The number of para-hydroxylation sites is 1. The number of hydrogen-bond donors (Lipinski definition) is 2. The van der Waals surface area contributed by atoms with Gasteiger partial charge < -0.3 is 19.9 Å². The van der Waals surface area contributed by atoms with Gasteiger partial charge in [-0.05, 0) is 12.1 Å². The molecule has 7 nitrogen and oxygen atoms in total. The van der Waals surface area contributed by atoms with Gasteiger partial charge in [0.25, 0.3) is 5.89 Å². The van der Waals surface area contributed by atoms with Crippen LogP contribution < -0.4 is 5.73 Å². The van der Waals surface area contributed by atoms with E-state index in [-0.39, 0.29) is 17.3 Å². The van der Waals surface area contributed by atoms with Crippen LogP contribution in [0, 0.1) is 0 Å². The number of aromatic hydroxyl groups is 1. The Morgan fingerprint density at radius 1 is 1.37 bits per heavy atom. The molecule has 0 radical (unpaired) electrons. The molecule has 2 aromatic heterocycles. The molecule has 0 saturated carbocycles. The first-order valence-electron chi connectivity index (χ1n) is 5.56. The zero-order chi connectivity index (χ0) is 13.4. The summed E-state index contributed by atoms with van der Waals surface area (Å²) in [6.07, 6.45) is 3.42. The van der Waals surface area contributed by atoms with E-state index in [1.807, 2.05) is 7.05 Å². The Labute approximate surface area is 108 Å². The number of aromatic nitrogens is 4. The van der Waals surface area contributed by atoms with Gasteiger partial charge in [0.15, 0.2) is 11.6 Å². The minimum atomic E-state index is -0.0717. The summed E-state index contributed by atoms with van der Waals surface area (Å²) in [7, 11) is 1.83. The summed E-state index contributed by atoms with van der Waals surface area (Å²) in [4.78, 5) is 8.33. The Bertz CT molecular complexity index is 731. The highest BCUT2D eigenvalue weighted by atomic mass is 16.5. The SMILES string of the molecule is Cn1ccnc1-c1noc(-c2cccc(N)c2O)n1. The van der Waals surface area contributed by atoms with Crippen molar-refractivity contribution in [2.24, 2.45) is 7.05 Å². The van der Waals surface area contributed by atoms with Gasteiger partial charge in [-0.25, -0.2) is 4.98 Å². The van der Waals surface area contributed by atoms with Crippen LogP contribution in [-0.2, 0) is 7.05 Å². The molecule has 19 heavy (non-hydrogen) atoms. The topological polar surface area (TPSA) is 103 Å². The lowest BCUT2D eigenvalue weighted by atomic mass is 10.2. The molecular formula is C12H11N5O2. The highest BCUT2D eigenvalue weighted by Crippen LogP contribution is 2.33. The zero-order valence-corrected chi connectivity index (χ0v) is 10.1. The Hall–Kier alpha value is -2.83. The van der Waals surface area contributed by atoms with Crippen molar-refractivity contribution in [3.63, 3.8) is 0 Å². The molecule has 3 aromatic rings. The molecule has 2 heterocycles. The van der Waals surface area contributed by atoms with Crippen LogP contribution in [-0.4, -0.2) is 24.8 Å². The molecule has 0 aliphatic rings. The number of hydrogen-bond acceptors (Lipinski definition) is 6. The minimum Gasteiger partial charge on any atom is -0.505 e. The summed E-state index contributed by atoms with van der Waals surface area (Å²) in [5, 5.41) is 13.7. The van der Waals surface area contributed by atoms with Gasteiger partial charge in [-0.1, -0.05) is 11.2 Å². The third-order valence-electron chi connectivity index (χ3n) is 2.74. The summed E-state index contributed by atoms with van der Waals surface area (Å²) >= 11 is 0. The van der Waals surface area contributed by atoms with E-state index < -0.39 is 0 Å². The van der Waals surface area contributed by atoms with Gasteiger partial charge in [0, 0.05) is 19.4 Å². The summed E-state index contributed by atoms with van der Waals surface area (Å²) in [5.74, 6) is 1.06. The van der Waals surface area contributed by atoms with E-state index >= 15 is 0 Å². The second-order valence-corrected chi connectivity index (χ2v) is 4.03. The molecule has 0 amide bonds. The van der Waals surface area contributed by atoms with Gasteiger partial charge in [0.2, 0.25) is 5.82 Å². The van der Waals surface area contributed by atoms with E-state index in [0.717, 1.165) is 0 Å². The second kappa shape index (κ2) is 4.13. The molecule has 3 N–H and O–H groups in total.